The number of carbonyl (C=O) groups is 1. The van der Waals surface area contributed by atoms with Gasteiger partial charge in [0.1, 0.15) is 0 Å². The third-order valence-electron chi connectivity index (χ3n) is 5.32. The maximum absolute atomic E-state index is 12.8. The average Bonchev–Trinajstić information content (AvgIpc) is 3.16. The van der Waals surface area contributed by atoms with Crippen LogP contribution in [-0.2, 0) is 26.1 Å². The van der Waals surface area contributed by atoms with Crippen molar-refractivity contribution in [3.8, 4) is 0 Å². The van der Waals surface area contributed by atoms with Crippen molar-refractivity contribution in [1.29, 1.82) is 0 Å². The predicted octanol–water partition coefficient (Wildman–Crippen LogP) is 3.20. The van der Waals surface area contributed by atoms with Gasteiger partial charge in [0.15, 0.2) is 5.16 Å². The number of thioether (sulfide) groups is 1. The molecule has 10 heteroatoms. The standard InChI is InChI=1S/C22H26N4O4S2/c1-3-26-20-7-5-4-6-19(20)24-22(26)31-16(2)21(27)23-17-8-10-18(11-9-17)32(28,29)25-12-14-30-15-13-25/h4-11,16H,3,12-15H2,1-2H3,(H,23,27). The van der Waals surface area contributed by atoms with Gasteiger partial charge < -0.3 is 14.6 Å². The fourth-order valence-electron chi connectivity index (χ4n) is 3.55. The van der Waals surface area contributed by atoms with Gasteiger partial charge in [-0.05, 0) is 50.2 Å². The van der Waals surface area contributed by atoms with E-state index in [-0.39, 0.29) is 16.1 Å². The van der Waals surface area contributed by atoms with Gasteiger partial charge in [0.25, 0.3) is 0 Å². The van der Waals surface area contributed by atoms with Crippen LogP contribution in [0.15, 0.2) is 58.6 Å². The number of hydrogen-bond donors (Lipinski definition) is 1. The van der Waals surface area contributed by atoms with Crippen molar-refractivity contribution < 1.29 is 17.9 Å². The zero-order valence-corrected chi connectivity index (χ0v) is 19.7. The lowest BCUT2D eigenvalue weighted by Gasteiger charge is -2.26. The van der Waals surface area contributed by atoms with Crippen LogP contribution in [0.1, 0.15) is 13.8 Å². The van der Waals surface area contributed by atoms with Gasteiger partial charge in [-0.2, -0.15) is 4.31 Å². The first-order valence-electron chi connectivity index (χ1n) is 10.5. The molecule has 4 rings (SSSR count). The number of sulfonamides is 1. The first-order chi connectivity index (χ1) is 15.4. The minimum Gasteiger partial charge on any atom is -0.379 e. The summed E-state index contributed by atoms with van der Waals surface area (Å²) in [6, 6.07) is 14.2. The number of aromatic nitrogens is 2. The van der Waals surface area contributed by atoms with Gasteiger partial charge in [-0.15, -0.1) is 0 Å². The number of ether oxygens (including phenoxy) is 1. The Bertz CT molecular complexity index is 1200. The number of imidazole rings is 1. The molecule has 1 aliphatic rings. The summed E-state index contributed by atoms with van der Waals surface area (Å²) >= 11 is 1.40. The average molecular weight is 475 g/mol. The molecule has 1 aromatic heterocycles. The highest BCUT2D eigenvalue weighted by Crippen LogP contribution is 2.28. The normalized spacial score (nSPS) is 16.2. The molecule has 1 N–H and O–H groups in total. The van der Waals surface area contributed by atoms with E-state index in [0.717, 1.165) is 22.7 Å². The Kier molecular flexibility index (Phi) is 6.85. The van der Waals surface area contributed by atoms with Crippen molar-refractivity contribution in [2.45, 2.75) is 35.7 Å². The van der Waals surface area contributed by atoms with Crippen LogP contribution < -0.4 is 5.32 Å². The maximum Gasteiger partial charge on any atom is 0.243 e. The first kappa shape index (κ1) is 22.8. The van der Waals surface area contributed by atoms with Crippen molar-refractivity contribution in [3.63, 3.8) is 0 Å². The Morgan fingerprint density at radius 2 is 1.84 bits per heavy atom. The fraction of sp³-hybridized carbons (Fsp3) is 0.364. The molecule has 0 radical (unpaired) electrons. The van der Waals surface area contributed by atoms with E-state index in [1.54, 1.807) is 12.1 Å². The minimum absolute atomic E-state index is 0.173. The van der Waals surface area contributed by atoms with Crippen LogP contribution in [0.3, 0.4) is 0 Å². The fourth-order valence-corrected chi connectivity index (χ4v) is 5.95. The molecule has 3 aromatic rings. The summed E-state index contributed by atoms with van der Waals surface area (Å²) in [6.07, 6.45) is 0. The lowest BCUT2D eigenvalue weighted by Crippen LogP contribution is -2.40. The van der Waals surface area contributed by atoms with Gasteiger partial charge in [0, 0.05) is 25.3 Å². The lowest BCUT2D eigenvalue weighted by molar-refractivity contribution is -0.115. The van der Waals surface area contributed by atoms with Crippen molar-refractivity contribution in [1.82, 2.24) is 13.9 Å². The van der Waals surface area contributed by atoms with Crippen molar-refractivity contribution in [2.75, 3.05) is 31.6 Å². The topological polar surface area (TPSA) is 93.5 Å². The molecule has 32 heavy (non-hydrogen) atoms. The molecule has 8 nitrogen and oxygen atoms in total. The number of para-hydroxylation sites is 2. The van der Waals surface area contributed by atoms with Crippen LogP contribution in [0.25, 0.3) is 11.0 Å². The van der Waals surface area contributed by atoms with Crippen LogP contribution in [-0.4, -0.2) is 59.7 Å². The quantitative estimate of drug-likeness (QED) is 0.529. The summed E-state index contributed by atoms with van der Waals surface area (Å²) in [4.78, 5) is 17.6. The summed E-state index contributed by atoms with van der Waals surface area (Å²) in [6.45, 7) is 6.13. The number of morpholine rings is 1. The number of rotatable bonds is 7. The van der Waals surface area contributed by atoms with Crippen LogP contribution in [0.4, 0.5) is 5.69 Å². The molecular formula is C22H26N4O4S2. The number of fused-ring (bicyclic) bond motifs is 1. The highest BCUT2D eigenvalue weighted by Gasteiger charge is 2.26. The van der Waals surface area contributed by atoms with Gasteiger partial charge in [0.2, 0.25) is 15.9 Å². The SMILES string of the molecule is CCn1c(SC(C)C(=O)Nc2ccc(S(=O)(=O)N3CCOCC3)cc2)nc2ccccc21. The summed E-state index contributed by atoms with van der Waals surface area (Å²) in [7, 11) is -3.56. The smallest absolute Gasteiger partial charge is 0.243 e. The third kappa shape index (κ3) is 4.68. The van der Waals surface area contributed by atoms with Gasteiger partial charge in [-0.25, -0.2) is 13.4 Å². The van der Waals surface area contributed by atoms with Crippen molar-refractivity contribution in [2.24, 2.45) is 0 Å². The summed E-state index contributed by atoms with van der Waals surface area (Å²) in [5.41, 5.74) is 2.50. The molecule has 1 fully saturated rings. The highest BCUT2D eigenvalue weighted by atomic mass is 32.2. The van der Waals surface area contributed by atoms with Gasteiger partial charge in [0.05, 0.1) is 34.4 Å². The van der Waals surface area contributed by atoms with E-state index in [0.29, 0.717) is 32.0 Å². The van der Waals surface area contributed by atoms with Crippen LogP contribution >= 0.6 is 11.8 Å². The molecule has 170 valence electrons. The number of amides is 1. The summed E-state index contributed by atoms with van der Waals surface area (Å²) in [5, 5.41) is 3.28. The van der Waals surface area contributed by atoms with E-state index < -0.39 is 10.0 Å². The van der Waals surface area contributed by atoms with E-state index in [4.69, 9.17) is 4.74 Å². The number of nitrogens with one attached hydrogen (secondary N) is 1. The number of hydrogen-bond acceptors (Lipinski definition) is 6. The van der Waals surface area contributed by atoms with Crippen molar-refractivity contribution in [3.05, 3.63) is 48.5 Å². The molecule has 2 heterocycles. The zero-order valence-electron chi connectivity index (χ0n) is 18.0. The molecule has 1 aliphatic heterocycles. The molecule has 0 bridgehead atoms. The summed E-state index contributed by atoms with van der Waals surface area (Å²) < 4.78 is 34.2. The molecule has 1 unspecified atom stereocenters. The van der Waals surface area contributed by atoms with Crippen LogP contribution in [0.2, 0.25) is 0 Å². The Labute approximate surface area is 192 Å². The minimum atomic E-state index is -3.56. The third-order valence-corrected chi connectivity index (χ3v) is 8.32. The van der Waals surface area contributed by atoms with Crippen LogP contribution in [0.5, 0.6) is 0 Å². The van der Waals surface area contributed by atoms with E-state index in [1.165, 1.54) is 28.2 Å². The highest BCUT2D eigenvalue weighted by molar-refractivity contribution is 8.00. The number of anilines is 1. The molecular weight excluding hydrogens is 448 g/mol. The molecule has 0 spiro atoms. The number of benzene rings is 2. The van der Waals surface area contributed by atoms with E-state index in [2.05, 4.69) is 21.8 Å². The summed E-state index contributed by atoms with van der Waals surface area (Å²) in [5.74, 6) is -0.173. The Hall–Kier alpha value is -2.40. The van der Waals surface area contributed by atoms with Gasteiger partial charge in [-0.1, -0.05) is 23.9 Å². The van der Waals surface area contributed by atoms with E-state index in [1.807, 2.05) is 31.2 Å². The van der Waals surface area contributed by atoms with Crippen LogP contribution in [0, 0.1) is 0 Å². The number of aryl methyl sites for hydroxylation is 1. The maximum atomic E-state index is 12.8. The van der Waals surface area contributed by atoms with Gasteiger partial charge in [-0.3, -0.25) is 4.79 Å². The number of carbonyl (C=O) groups excluding carboxylic acids is 1. The molecule has 0 saturated carbocycles. The van der Waals surface area contributed by atoms with Crippen molar-refractivity contribution >= 4 is 44.4 Å². The van der Waals surface area contributed by atoms with E-state index >= 15 is 0 Å². The Balaban J connectivity index is 1.43. The Morgan fingerprint density at radius 1 is 1.16 bits per heavy atom. The molecule has 1 saturated heterocycles. The second kappa shape index (κ2) is 9.62. The monoisotopic (exact) mass is 474 g/mol. The predicted molar refractivity (Wildman–Crippen MR) is 125 cm³/mol. The molecule has 2 aromatic carbocycles. The van der Waals surface area contributed by atoms with Gasteiger partial charge >= 0.3 is 0 Å². The second-order valence-corrected chi connectivity index (χ2v) is 10.7. The molecule has 1 atom stereocenters. The molecule has 1 amide bonds. The zero-order chi connectivity index (χ0) is 22.7. The first-order valence-corrected chi connectivity index (χ1v) is 12.8. The van der Waals surface area contributed by atoms with E-state index in [9.17, 15) is 13.2 Å². The largest absolute Gasteiger partial charge is 0.379 e. The number of nitrogens with zero attached hydrogens (tertiary/aromatic N) is 3. The lowest BCUT2D eigenvalue weighted by atomic mass is 10.3. The molecule has 0 aliphatic carbocycles. The Morgan fingerprint density at radius 3 is 2.53 bits per heavy atom. The second-order valence-electron chi connectivity index (χ2n) is 7.42.